The van der Waals surface area contributed by atoms with Crippen LogP contribution in [0.4, 0.5) is 10.1 Å². The van der Waals surface area contributed by atoms with E-state index in [2.05, 4.69) is 0 Å². The smallest absolute Gasteiger partial charge is 0.237 e. The Kier molecular flexibility index (Phi) is 5.69. The average Bonchev–Trinajstić information content (AvgIpc) is 2.39. The molecular weight excluding hydrogens is 278 g/mol. The van der Waals surface area contributed by atoms with Crippen LogP contribution in [0.25, 0.3) is 0 Å². The van der Waals surface area contributed by atoms with Crippen LogP contribution < -0.4 is 4.90 Å². The molecule has 0 atom stereocenters. The monoisotopic (exact) mass is 292 g/mol. The first-order valence-electron chi connectivity index (χ1n) is 5.55. The number of alkyl halides is 1. The van der Waals surface area contributed by atoms with Crippen molar-refractivity contribution in [2.75, 3.05) is 37.0 Å². The van der Waals surface area contributed by atoms with Gasteiger partial charge < -0.3 is 9.80 Å². The zero-order chi connectivity index (χ0) is 12.3. The number of amides is 1. The first kappa shape index (κ1) is 15.1. The molecule has 1 aromatic carbocycles. The number of rotatable bonds is 2. The number of piperazine rings is 1. The summed E-state index contributed by atoms with van der Waals surface area (Å²) in [5.41, 5.74) is 0.602. The Morgan fingerprint density at radius 3 is 2.39 bits per heavy atom. The van der Waals surface area contributed by atoms with Crippen molar-refractivity contribution >= 4 is 35.6 Å². The molecule has 3 nitrogen and oxygen atoms in total. The maximum Gasteiger partial charge on any atom is 0.237 e. The number of carbonyl (C=O) groups excluding carboxylic acids is 1. The van der Waals surface area contributed by atoms with E-state index in [1.165, 1.54) is 6.07 Å². The lowest BCUT2D eigenvalue weighted by molar-refractivity contribution is -0.128. The Hall–Kier alpha value is -1.00. The van der Waals surface area contributed by atoms with Gasteiger partial charge in [0.2, 0.25) is 5.91 Å². The number of halogens is 3. The standard InChI is InChI=1S/C12H14ClFN2O.ClH/c13-9-12(17)16-7-5-15(6-8-16)11-4-2-1-3-10(11)14;/h1-4H,5-9H2;1H. The van der Waals surface area contributed by atoms with Crippen molar-refractivity contribution in [2.45, 2.75) is 0 Å². The number of nitrogens with zero attached hydrogens (tertiary/aromatic N) is 2. The first-order chi connectivity index (χ1) is 8.22. The molecule has 1 aliphatic rings. The highest BCUT2D eigenvalue weighted by atomic mass is 35.5. The van der Waals surface area contributed by atoms with Gasteiger partial charge in [-0.25, -0.2) is 4.39 Å². The molecule has 0 aliphatic carbocycles. The minimum Gasteiger partial charge on any atom is -0.366 e. The van der Waals surface area contributed by atoms with Crippen molar-refractivity contribution in [2.24, 2.45) is 0 Å². The van der Waals surface area contributed by atoms with Gasteiger partial charge in [0.15, 0.2) is 0 Å². The maximum atomic E-state index is 13.6. The molecular formula is C12H15Cl2FN2O. The quantitative estimate of drug-likeness (QED) is 0.780. The highest BCUT2D eigenvalue weighted by Crippen LogP contribution is 2.20. The van der Waals surface area contributed by atoms with Gasteiger partial charge in [0, 0.05) is 26.2 Å². The van der Waals surface area contributed by atoms with E-state index < -0.39 is 0 Å². The normalized spacial score (nSPS) is 15.2. The molecule has 0 aromatic heterocycles. The molecule has 1 heterocycles. The first-order valence-corrected chi connectivity index (χ1v) is 6.09. The number of hydrogen-bond donors (Lipinski definition) is 0. The highest BCUT2D eigenvalue weighted by molar-refractivity contribution is 6.27. The molecule has 0 unspecified atom stereocenters. The lowest BCUT2D eigenvalue weighted by Gasteiger charge is -2.35. The molecule has 0 N–H and O–H groups in total. The van der Waals surface area contributed by atoms with Gasteiger partial charge in [-0.15, -0.1) is 24.0 Å². The lowest BCUT2D eigenvalue weighted by atomic mass is 10.2. The number of anilines is 1. The van der Waals surface area contributed by atoms with Gasteiger partial charge in [0.05, 0.1) is 5.69 Å². The Balaban J connectivity index is 0.00000162. The number of hydrogen-bond acceptors (Lipinski definition) is 2. The van der Waals surface area contributed by atoms with Crippen LogP contribution in [0.5, 0.6) is 0 Å². The fraction of sp³-hybridized carbons (Fsp3) is 0.417. The maximum absolute atomic E-state index is 13.6. The van der Waals surface area contributed by atoms with Gasteiger partial charge in [0.1, 0.15) is 11.7 Å². The molecule has 1 fully saturated rings. The Labute approximate surface area is 117 Å². The zero-order valence-corrected chi connectivity index (χ0v) is 11.4. The van der Waals surface area contributed by atoms with Crippen molar-refractivity contribution < 1.29 is 9.18 Å². The topological polar surface area (TPSA) is 23.6 Å². The average molecular weight is 293 g/mol. The largest absolute Gasteiger partial charge is 0.366 e. The molecule has 0 bridgehead atoms. The molecule has 1 saturated heterocycles. The molecule has 1 amide bonds. The van der Waals surface area contributed by atoms with Crippen LogP contribution in [0.1, 0.15) is 0 Å². The van der Waals surface area contributed by atoms with E-state index in [-0.39, 0.29) is 30.0 Å². The van der Waals surface area contributed by atoms with E-state index in [0.29, 0.717) is 31.9 Å². The van der Waals surface area contributed by atoms with Crippen molar-refractivity contribution in [3.63, 3.8) is 0 Å². The van der Waals surface area contributed by atoms with Crippen LogP contribution in [0.2, 0.25) is 0 Å². The third-order valence-corrected chi connectivity index (χ3v) is 3.17. The summed E-state index contributed by atoms with van der Waals surface area (Å²) < 4.78 is 13.6. The number of para-hydroxylation sites is 1. The van der Waals surface area contributed by atoms with Crippen molar-refractivity contribution in [1.29, 1.82) is 0 Å². The van der Waals surface area contributed by atoms with Crippen LogP contribution in [-0.2, 0) is 4.79 Å². The van der Waals surface area contributed by atoms with E-state index >= 15 is 0 Å². The summed E-state index contributed by atoms with van der Waals surface area (Å²) in [6.07, 6.45) is 0. The summed E-state index contributed by atoms with van der Waals surface area (Å²) in [5, 5.41) is 0. The summed E-state index contributed by atoms with van der Waals surface area (Å²) >= 11 is 5.50. The summed E-state index contributed by atoms with van der Waals surface area (Å²) in [7, 11) is 0. The summed E-state index contributed by atoms with van der Waals surface area (Å²) in [4.78, 5) is 15.0. The minimum absolute atomic E-state index is 0. The van der Waals surface area contributed by atoms with Gasteiger partial charge in [-0.05, 0) is 12.1 Å². The van der Waals surface area contributed by atoms with Gasteiger partial charge in [-0.3, -0.25) is 4.79 Å². The van der Waals surface area contributed by atoms with Crippen LogP contribution in [0, 0.1) is 5.82 Å². The fourth-order valence-corrected chi connectivity index (χ4v) is 2.16. The van der Waals surface area contributed by atoms with Crippen molar-refractivity contribution in [3.8, 4) is 0 Å². The molecule has 1 aliphatic heterocycles. The van der Waals surface area contributed by atoms with Gasteiger partial charge in [-0.2, -0.15) is 0 Å². The number of benzene rings is 1. The Morgan fingerprint density at radius 1 is 1.22 bits per heavy atom. The van der Waals surface area contributed by atoms with E-state index in [0.717, 1.165) is 0 Å². The second-order valence-electron chi connectivity index (χ2n) is 3.95. The molecule has 1 aromatic rings. The van der Waals surface area contributed by atoms with Gasteiger partial charge >= 0.3 is 0 Å². The summed E-state index contributed by atoms with van der Waals surface area (Å²) in [5.74, 6) is -0.260. The summed E-state index contributed by atoms with van der Waals surface area (Å²) in [6.45, 7) is 2.48. The van der Waals surface area contributed by atoms with Gasteiger partial charge in [-0.1, -0.05) is 12.1 Å². The molecule has 2 rings (SSSR count). The van der Waals surface area contributed by atoms with E-state index in [1.807, 2.05) is 11.0 Å². The predicted octanol–water partition coefficient (Wildman–Crippen LogP) is 2.13. The summed E-state index contributed by atoms with van der Waals surface area (Å²) in [6, 6.07) is 6.70. The van der Waals surface area contributed by atoms with Crippen molar-refractivity contribution in [1.82, 2.24) is 4.90 Å². The predicted molar refractivity (Wildman–Crippen MR) is 73.2 cm³/mol. The number of carbonyl (C=O) groups is 1. The van der Waals surface area contributed by atoms with E-state index in [1.54, 1.807) is 17.0 Å². The van der Waals surface area contributed by atoms with E-state index in [4.69, 9.17) is 11.6 Å². The van der Waals surface area contributed by atoms with Crippen LogP contribution in [0.15, 0.2) is 24.3 Å². The third-order valence-electron chi connectivity index (χ3n) is 2.94. The second kappa shape index (κ2) is 6.81. The molecule has 100 valence electrons. The molecule has 0 spiro atoms. The van der Waals surface area contributed by atoms with Crippen molar-refractivity contribution in [3.05, 3.63) is 30.1 Å². The van der Waals surface area contributed by atoms with Crippen LogP contribution >= 0.6 is 24.0 Å². The van der Waals surface area contributed by atoms with Gasteiger partial charge in [0.25, 0.3) is 0 Å². The zero-order valence-electron chi connectivity index (χ0n) is 9.81. The van der Waals surface area contributed by atoms with Crippen LogP contribution in [-0.4, -0.2) is 42.9 Å². The highest BCUT2D eigenvalue weighted by Gasteiger charge is 2.21. The van der Waals surface area contributed by atoms with E-state index in [9.17, 15) is 9.18 Å². The Bertz CT molecular complexity index is 409. The molecule has 6 heteroatoms. The lowest BCUT2D eigenvalue weighted by Crippen LogP contribution is -2.49. The fourth-order valence-electron chi connectivity index (χ4n) is 1.99. The molecule has 0 radical (unpaired) electrons. The van der Waals surface area contributed by atoms with Crippen LogP contribution in [0.3, 0.4) is 0 Å². The third kappa shape index (κ3) is 3.27. The minimum atomic E-state index is -0.218. The Morgan fingerprint density at radius 2 is 1.83 bits per heavy atom. The second-order valence-corrected chi connectivity index (χ2v) is 4.22. The SMILES string of the molecule is Cl.O=C(CCl)N1CCN(c2ccccc2F)CC1. The molecule has 0 saturated carbocycles. The molecule has 18 heavy (non-hydrogen) atoms.